The van der Waals surface area contributed by atoms with E-state index in [9.17, 15) is 9.59 Å². The smallest absolute Gasteiger partial charge is 0.256 e. The first-order valence-corrected chi connectivity index (χ1v) is 6.85. The van der Waals surface area contributed by atoms with Crippen LogP contribution in [0.3, 0.4) is 0 Å². The molecule has 0 aliphatic carbocycles. The number of rotatable bonds is 5. The Labute approximate surface area is 114 Å². The molecule has 0 bridgehead atoms. The maximum atomic E-state index is 11.7. The maximum absolute atomic E-state index is 11.7. The van der Waals surface area contributed by atoms with E-state index in [1.165, 1.54) is 17.1 Å². The summed E-state index contributed by atoms with van der Waals surface area (Å²) in [6.45, 7) is 2.58. The summed E-state index contributed by atoms with van der Waals surface area (Å²) in [6.07, 6.45) is 3.41. The van der Waals surface area contributed by atoms with Gasteiger partial charge in [-0.25, -0.2) is 4.98 Å². The zero-order valence-electron chi connectivity index (χ0n) is 10.6. The Morgan fingerprint density at radius 2 is 2.37 bits per heavy atom. The van der Waals surface area contributed by atoms with Crippen molar-refractivity contribution in [1.82, 2.24) is 14.9 Å². The van der Waals surface area contributed by atoms with E-state index in [1.54, 1.807) is 18.3 Å². The number of nitrogens with one attached hydrogen (secondary N) is 1. The van der Waals surface area contributed by atoms with Gasteiger partial charge in [0.2, 0.25) is 5.91 Å². The zero-order chi connectivity index (χ0) is 13.7. The van der Waals surface area contributed by atoms with Gasteiger partial charge >= 0.3 is 0 Å². The van der Waals surface area contributed by atoms with Crippen molar-refractivity contribution in [3.8, 4) is 0 Å². The highest BCUT2D eigenvalue weighted by Crippen LogP contribution is 2.08. The second-order valence-corrected chi connectivity index (χ2v) is 5.21. The molecule has 1 N–H and O–H groups in total. The van der Waals surface area contributed by atoms with Gasteiger partial charge in [-0.3, -0.25) is 14.2 Å². The van der Waals surface area contributed by atoms with E-state index >= 15 is 0 Å². The van der Waals surface area contributed by atoms with Crippen molar-refractivity contribution in [2.75, 3.05) is 6.54 Å². The summed E-state index contributed by atoms with van der Waals surface area (Å²) < 4.78 is 1.50. The third-order valence-electron chi connectivity index (χ3n) is 2.66. The van der Waals surface area contributed by atoms with Crippen LogP contribution in [0.4, 0.5) is 0 Å². The molecule has 0 radical (unpaired) electrons. The van der Waals surface area contributed by atoms with Gasteiger partial charge in [0.15, 0.2) is 0 Å². The van der Waals surface area contributed by atoms with E-state index in [-0.39, 0.29) is 11.5 Å². The highest BCUT2D eigenvalue weighted by molar-refractivity contribution is 7.10. The highest BCUT2D eigenvalue weighted by atomic mass is 32.1. The lowest BCUT2D eigenvalue weighted by Crippen LogP contribution is -2.32. The Bertz CT molecular complexity index is 605. The molecular weight excluding hydrogens is 262 g/mol. The first-order valence-electron chi connectivity index (χ1n) is 5.97. The summed E-state index contributed by atoms with van der Waals surface area (Å²) in [7, 11) is 0. The Kier molecular flexibility index (Phi) is 4.46. The molecule has 0 atom stereocenters. The van der Waals surface area contributed by atoms with E-state index in [2.05, 4.69) is 10.3 Å². The van der Waals surface area contributed by atoms with E-state index in [1.807, 2.05) is 17.5 Å². The molecular formula is C13H15N3O2S. The van der Waals surface area contributed by atoms with Crippen molar-refractivity contribution in [1.29, 1.82) is 0 Å². The lowest BCUT2D eigenvalue weighted by molar-refractivity contribution is -0.120. The van der Waals surface area contributed by atoms with Crippen LogP contribution in [0.2, 0.25) is 0 Å². The van der Waals surface area contributed by atoms with Gasteiger partial charge in [-0.1, -0.05) is 6.07 Å². The number of carbonyl (C=O) groups excluding carboxylic acids is 1. The van der Waals surface area contributed by atoms with Crippen LogP contribution in [0.15, 0.2) is 34.8 Å². The van der Waals surface area contributed by atoms with Crippen LogP contribution in [0.5, 0.6) is 0 Å². The van der Waals surface area contributed by atoms with E-state index in [4.69, 9.17) is 0 Å². The number of aromatic nitrogens is 2. The number of amides is 1. The minimum atomic E-state index is -0.0671. The second-order valence-electron chi connectivity index (χ2n) is 4.18. The van der Waals surface area contributed by atoms with Crippen LogP contribution in [0.25, 0.3) is 0 Å². The highest BCUT2D eigenvalue weighted by Gasteiger charge is 2.04. The fourth-order valence-electron chi connectivity index (χ4n) is 1.67. The van der Waals surface area contributed by atoms with Crippen molar-refractivity contribution in [3.05, 3.63) is 50.8 Å². The molecule has 0 aromatic carbocycles. The predicted molar refractivity (Wildman–Crippen MR) is 74.3 cm³/mol. The summed E-state index contributed by atoms with van der Waals surface area (Å²) >= 11 is 1.56. The zero-order valence-corrected chi connectivity index (χ0v) is 11.4. The minimum Gasteiger partial charge on any atom is -0.354 e. The normalized spacial score (nSPS) is 10.4. The molecule has 0 unspecified atom stereocenters. The summed E-state index contributed by atoms with van der Waals surface area (Å²) in [5, 5.41) is 4.74. The third kappa shape index (κ3) is 3.75. The van der Waals surface area contributed by atoms with Gasteiger partial charge in [-0.05, 0) is 18.4 Å². The molecule has 19 heavy (non-hydrogen) atoms. The van der Waals surface area contributed by atoms with E-state index in [0.717, 1.165) is 4.88 Å². The van der Waals surface area contributed by atoms with Crippen molar-refractivity contribution in [2.24, 2.45) is 0 Å². The summed E-state index contributed by atoms with van der Waals surface area (Å²) in [6, 6.07) is 3.85. The average Bonchev–Trinajstić information content (AvgIpc) is 2.87. The summed E-state index contributed by atoms with van der Waals surface area (Å²) in [5.74, 6) is -0.0314. The molecule has 5 nitrogen and oxygen atoms in total. The lowest BCUT2D eigenvalue weighted by atomic mass is 10.3. The standard InChI is InChI=1S/C13H15N3O2S/c1-10-8-14-9-16(13(10)18)5-4-15-12(17)7-11-3-2-6-19-11/h2-3,6,8-9H,4-5,7H2,1H3,(H,15,17). The number of hydrogen-bond donors (Lipinski definition) is 1. The van der Waals surface area contributed by atoms with Crippen molar-refractivity contribution in [2.45, 2.75) is 19.9 Å². The average molecular weight is 277 g/mol. The minimum absolute atomic E-state index is 0.0314. The Hall–Kier alpha value is -1.95. The fourth-order valence-corrected chi connectivity index (χ4v) is 2.37. The van der Waals surface area contributed by atoms with Crippen LogP contribution in [0.1, 0.15) is 10.4 Å². The van der Waals surface area contributed by atoms with Crippen molar-refractivity contribution in [3.63, 3.8) is 0 Å². The SMILES string of the molecule is Cc1cncn(CCNC(=O)Cc2cccs2)c1=O. The second kappa shape index (κ2) is 6.29. The number of aryl methyl sites for hydroxylation is 1. The van der Waals surface area contributed by atoms with Crippen LogP contribution in [-0.4, -0.2) is 22.0 Å². The Morgan fingerprint density at radius 1 is 1.53 bits per heavy atom. The lowest BCUT2D eigenvalue weighted by Gasteiger charge is -2.07. The van der Waals surface area contributed by atoms with E-state index in [0.29, 0.717) is 25.1 Å². The van der Waals surface area contributed by atoms with E-state index < -0.39 is 0 Å². The molecule has 0 spiro atoms. The number of nitrogens with zero attached hydrogens (tertiary/aromatic N) is 2. The molecule has 1 amide bonds. The molecule has 0 saturated heterocycles. The van der Waals surface area contributed by atoms with Gasteiger partial charge in [0.1, 0.15) is 0 Å². The van der Waals surface area contributed by atoms with Gasteiger partial charge in [-0.2, -0.15) is 0 Å². The predicted octanol–water partition coefficient (Wildman–Crippen LogP) is 0.972. The summed E-state index contributed by atoms with van der Waals surface area (Å²) in [5.41, 5.74) is 0.537. The molecule has 2 aromatic heterocycles. The van der Waals surface area contributed by atoms with Crippen LogP contribution >= 0.6 is 11.3 Å². The van der Waals surface area contributed by atoms with Gasteiger partial charge < -0.3 is 5.32 Å². The van der Waals surface area contributed by atoms with Crippen molar-refractivity contribution >= 4 is 17.2 Å². The molecule has 2 rings (SSSR count). The monoisotopic (exact) mass is 277 g/mol. The molecule has 6 heteroatoms. The quantitative estimate of drug-likeness (QED) is 0.886. The van der Waals surface area contributed by atoms with Gasteiger partial charge in [-0.15, -0.1) is 11.3 Å². The third-order valence-corrected chi connectivity index (χ3v) is 3.54. The molecule has 0 saturated carbocycles. The molecule has 2 aromatic rings. The number of thiophene rings is 1. The van der Waals surface area contributed by atoms with Crippen LogP contribution in [-0.2, 0) is 17.8 Å². The van der Waals surface area contributed by atoms with Gasteiger partial charge in [0.05, 0.1) is 12.7 Å². The molecule has 0 fully saturated rings. The molecule has 100 valence electrons. The summed E-state index contributed by atoms with van der Waals surface area (Å²) in [4.78, 5) is 28.3. The van der Waals surface area contributed by atoms with Gasteiger partial charge in [0, 0.05) is 29.7 Å². The Morgan fingerprint density at radius 3 is 3.11 bits per heavy atom. The topological polar surface area (TPSA) is 64.0 Å². The van der Waals surface area contributed by atoms with Gasteiger partial charge in [0.25, 0.3) is 5.56 Å². The Balaban J connectivity index is 1.82. The number of hydrogen-bond acceptors (Lipinski definition) is 4. The molecule has 0 aliphatic heterocycles. The first kappa shape index (κ1) is 13.5. The fraction of sp³-hybridized carbons (Fsp3) is 0.308. The largest absolute Gasteiger partial charge is 0.354 e. The molecule has 2 heterocycles. The maximum Gasteiger partial charge on any atom is 0.256 e. The molecule has 0 aliphatic rings. The number of carbonyl (C=O) groups is 1. The van der Waals surface area contributed by atoms with Crippen LogP contribution < -0.4 is 10.9 Å². The van der Waals surface area contributed by atoms with Crippen LogP contribution in [0, 0.1) is 6.92 Å². The first-order chi connectivity index (χ1) is 9.16. The van der Waals surface area contributed by atoms with Crippen molar-refractivity contribution < 1.29 is 4.79 Å².